The smallest absolute Gasteiger partial charge is 0.162 e. The van der Waals surface area contributed by atoms with E-state index in [0.717, 1.165) is 30.1 Å². The lowest BCUT2D eigenvalue weighted by Crippen LogP contribution is -2.51. The van der Waals surface area contributed by atoms with Crippen LogP contribution in [0.1, 0.15) is 99.3 Å². The Morgan fingerprint density at radius 3 is 2.37 bits per heavy atom. The van der Waals surface area contributed by atoms with Crippen molar-refractivity contribution < 1.29 is 9.90 Å². The number of hydrogen-bond acceptors (Lipinski definition) is 2. The SMILES string of the molecule is C/C=C(/CCC(C)C1CCC2C3CCC4C(O)C(=O)CC4(C)C3CCC12C)C(C)C. The van der Waals surface area contributed by atoms with E-state index in [9.17, 15) is 9.90 Å². The quantitative estimate of drug-likeness (QED) is 0.501. The predicted molar refractivity (Wildman–Crippen MR) is 124 cm³/mol. The molecule has 0 bridgehead atoms. The molecule has 0 aliphatic heterocycles. The third-order valence-electron chi connectivity index (χ3n) is 11.0. The fourth-order valence-electron chi connectivity index (χ4n) is 9.31. The van der Waals surface area contributed by atoms with E-state index >= 15 is 0 Å². The van der Waals surface area contributed by atoms with Crippen molar-refractivity contribution in [2.45, 2.75) is 105 Å². The van der Waals surface area contributed by atoms with E-state index in [1.54, 1.807) is 5.57 Å². The van der Waals surface area contributed by atoms with Gasteiger partial charge in [-0.15, -0.1) is 0 Å². The van der Waals surface area contributed by atoms with Crippen LogP contribution in [0.3, 0.4) is 0 Å². The Hall–Kier alpha value is -0.630. The van der Waals surface area contributed by atoms with Crippen LogP contribution >= 0.6 is 0 Å². The molecule has 0 aromatic rings. The highest BCUT2D eigenvalue weighted by Gasteiger charge is 2.63. The average Bonchev–Trinajstić information content (AvgIpc) is 3.15. The predicted octanol–water partition coefficient (Wildman–Crippen LogP) is 6.81. The molecule has 4 saturated carbocycles. The summed E-state index contributed by atoms with van der Waals surface area (Å²) in [4.78, 5) is 12.4. The van der Waals surface area contributed by atoms with Crippen molar-refractivity contribution in [3.05, 3.63) is 11.6 Å². The van der Waals surface area contributed by atoms with Crippen LogP contribution in [0.5, 0.6) is 0 Å². The first-order valence-electron chi connectivity index (χ1n) is 13.0. The zero-order valence-corrected chi connectivity index (χ0v) is 20.4. The minimum absolute atomic E-state index is 0.0581. The van der Waals surface area contributed by atoms with Crippen molar-refractivity contribution in [2.75, 3.05) is 0 Å². The third kappa shape index (κ3) is 3.35. The molecule has 0 radical (unpaired) electrons. The summed E-state index contributed by atoms with van der Waals surface area (Å²) in [5, 5.41) is 10.5. The van der Waals surface area contributed by atoms with E-state index < -0.39 is 6.10 Å². The van der Waals surface area contributed by atoms with Gasteiger partial charge < -0.3 is 5.11 Å². The molecule has 9 unspecified atom stereocenters. The van der Waals surface area contributed by atoms with Gasteiger partial charge in [-0.2, -0.15) is 0 Å². The van der Waals surface area contributed by atoms with Crippen molar-refractivity contribution >= 4 is 5.78 Å². The fourth-order valence-corrected chi connectivity index (χ4v) is 9.31. The van der Waals surface area contributed by atoms with Gasteiger partial charge in [-0.1, -0.05) is 46.3 Å². The summed E-state index contributed by atoms with van der Waals surface area (Å²) in [6, 6.07) is 0. The van der Waals surface area contributed by atoms with Gasteiger partial charge in [-0.3, -0.25) is 4.79 Å². The summed E-state index contributed by atoms with van der Waals surface area (Å²) in [7, 11) is 0. The third-order valence-corrected chi connectivity index (χ3v) is 11.0. The molecule has 0 aromatic heterocycles. The number of aliphatic hydroxyl groups excluding tert-OH is 1. The summed E-state index contributed by atoms with van der Waals surface area (Å²) < 4.78 is 0. The molecular weight excluding hydrogens is 368 g/mol. The summed E-state index contributed by atoms with van der Waals surface area (Å²) in [6.45, 7) is 14.4. The lowest BCUT2D eigenvalue weighted by molar-refractivity contribution is -0.125. The molecule has 170 valence electrons. The van der Waals surface area contributed by atoms with Gasteiger partial charge in [-0.25, -0.2) is 0 Å². The van der Waals surface area contributed by atoms with Gasteiger partial charge in [0.05, 0.1) is 0 Å². The molecule has 9 atom stereocenters. The Balaban J connectivity index is 1.48. The van der Waals surface area contributed by atoms with Gasteiger partial charge in [0.1, 0.15) is 6.10 Å². The fraction of sp³-hybridized carbons (Fsp3) is 0.893. The maximum atomic E-state index is 12.4. The summed E-state index contributed by atoms with van der Waals surface area (Å²) in [6.07, 6.45) is 12.6. The van der Waals surface area contributed by atoms with Gasteiger partial charge >= 0.3 is 0 Å². The first-order valence-corrected chi connectivity index (χ1v) is 13.0. The Bertz CT molecular complexity index is 693. The first kappa shape index (κ1) is 22.6. The van der Waals surface area contributed by atoms with Crippen molar-refractivity contribution in [3.8, 4) is 0 Å². The zero-order valence-electron chi connectivity index (χ0n) is 20.4. The molecule has 4 aliphatic rings. The van der Waals surface area contributed by atoms with Crippen molar-refractivity contribution in [1.29, 1.82) is 0 Å². The van der Waals surface area contributed by atoms with E-state index in [4.69, 9.17) is 0 Å². The van der Waals surface area contributed by atoms with Gasteiger partial charge in [0.25, 0.3) is 0 Å². The minimum atomic E-state index is -0.678. The molecule has 2 heteroatoms. The molecule has 30 heavy (non-hydrogen) atoms. The lowest BCUT2D eigenvalue weighted by Gasteiger charge is -2.58. The second-order valence-corrected chi connectivity index (χ2v) is 12.4. The second kappa shape index (κ2) is 8.05. The number of allylic oxidation sites excluding steroid dienone is 2. The van der Waals surface area contributed by atoms with Crippen LogP contribution in [0.25, 0.3) is 0 Å². The van der Waals surface area contributed by atoms with Gasteiger partial charge in [-0.05, 0) is 111 Å². The standard InChI is InChI=1S/C28H46O2/c1-7-19(17(2)3)9-8-18(4)21-12-13-22-20-10-11-24-26(30)25(29)16-28(24,6)23(20)14-15-27(21,22)5/h7,17-18,20-24,26,30H,8-16H2,1-6H3/b19-7-. The summed E-state index contributed by atoms with van der Waals surface area (Å²) in [5.41, 5.74) is 2.17. The molecule has 0 saturated heterocycles. The van der Waals surface area contributed by atoms with Gasteiger partial charge in [0, 0.05) is 6.42 Å². The molecular formula is C28H46O2. The minimum Gasteiger partial charge on any atom is -0.385 e. The Morgan fingerprint density at radius 1 is 1.03 bits per heavy atom. The molecule has 4 rings (SSSR count). The Labute approximate surface area is 185 Å². The first-order chi connectivity index (χ1) is 14.1. The van der Waals surface area contributed by atoms with Gasteiger partial charge in [0.15, 0.2) is 5.78 Å². The number of fused-ring (bicyclic) bond motifs is 5. The van der Waals surface area contributed by atoms with Crippen LogP contribution < -0.4 is 0 Å². The summed E-state index contributed by atoms with van der Waals surface area (Å²) >= 11 is 0. The molecule has 1 N–H and O–H groups in total. The molecule has 0 aromatic carbocycles. The van der Waals surface area contributed by atoms with Crippen LogP contribution in [0.15, 0.2) is 11.6 Å². The highest BCUT2D eigenvalue weighted by atomic mass is 16.3. The zero-order chi connectivity index (χ0) is 21.8. The molecule has 0 spiro atoms. The number of ketones is 1. The maximum Gasteiger partial charge on any atom is 0.162 e. The number of carbonyl (C=O) groups excluding carboxylic acids is 1. The van der Waals surface area contributed by atoms with Crippen molar-refractivity contribution in [1.82, 2.24) is 0 Å². The normalized spacial score (nSPS) is 47.2. The van der Waals surface area contributed by atoms with Gasteiger partial charge in [0.2, 0.25) is 0 Å². The van der Waals surface area contributed by atoms with Crippen molar-refractivity contribution in [2.24, 2.45) is 52.3 Å². The van der Waals surface area contributed by atoms with Crippen molar-refractivity contribution in [3.63, 3.8) is 0 Å². The number of aliphatic hydroxyl groups is 1. The lowest BCUT2D eigenvalue weighted by atomic mass is 9.47. The van der Waals surface area contributed by atoms with Crippen LogP contribution in [-0.4, -0.2) is 17.0 Å². The van der Waals surface area contributed by atoms with Crippen LogP contribution in [-0.2, 0) is 4.79 Å². The largest absolute Gasteiger partial charge is 0.385 e. The Morgan fingerprint density at radius 2 is 1.70 bits per heavy atom. The molecule has 2 nitrogen and oxygen atoms in total. The van der Waals surface area contributed by atoms with E-state index in [2.05, 4.69) is 47.6 Å². The topological polar surface area (TPSA) is 37.3 Å². The maximum absolute atomic E-state index is 12.4. The Kier molecular flexibility index (Phi) is 6.06. The van der Waals surface area contributed by atoms with Crippen LogP contribution in [0.2, 0.25) is 0 Å². The van der Waals surface area contributed by atoms with E-state index in [1.807, 2.05) is 0 Å². The highest BCUT2D eigenvalue weighted by Crippen LogP contribution is 2.68. The molecule has 0 amide bonds. The highest BCUT2D eigenvalue weighted by molar-refractivity contribution is 5.86. The number of hydrogen-bond donors (Lipinski definition) is 1. The van der Waals surface area contributed by atoms with E-state index in [1.165, 1.54) is 44.9 Å². The number of carbonyl (C=O) groups is 1. The number of rotatable bonds is 5. The molecule has 4 aliphatic carbocycles. The van der Waals surface area contributed by atoms with E-state index in [-0.39, 0.29) is 17.1 Å². The molecule has 4 fully saturated rings. The second-order valence-electron chi connectivity index (χ2n) is 12.4. The van der Waals surface area contributed by atoms with Crippen LogP contribution in [0, 0.1) is 52.3 Å². The molecule has 0 heterocycles. The summed E-state index contributed by atoms with van der Waals surface area (Å²) in [5.74, 6) is 4.94. The number of Topliss-reactive ketones (excluding diaryl/α,β-unsaturated/α-hetero) is 1. The van der Waals surface area contributed by atoms with Crippen LogP contribution in [0.4, 0.5) is 0 Å². The monoisotopic (exact) mass is 414 g/mol. The average molecular weight is 415 g/mol. The van der Waals surface area contributed by atoms with E-state index in [0.29, 0.717) is 23.7 Å².